The summed E-state index contributed by atoms with van der Waals surface area (Å²) in [6.45, 7) is 2.85. The van der Waals surface area contributed by atoms with E-state index in [9.17, 15) is 4.79 Å². The van der Waals surface area contributed by atoms with Gasteiger partial charge in [0.2, 0.25) is 0 Å². The van der Waals surface area contributed by atoms with Gasteiger partial charge in [-0.25, -0.2) is 4.79 Å². The van der Waals surface area contributed by atoms with Gasteiger partial charge in [-0.3, -0.25) is 0 Å². The lowest BCUT2D eigenvalue weighted by molar-refractivity contribution is 0.114. The molecule has 110 valence electrons. The molecule has 0 saturated heterocycles. The Morgan fingerprint density at radius 1 is 1.20 bits per heavy atom. The van der Waals surface area contributed by atoms with E-state index in [0.717, 1.165) is 11.5 Å². The van der Waals surface area contributed by atoms with Crippen LogP contribution in [0.25, 0.3) is 0 Å². The van der Waals surface area contributed by atoms with Gasteiger partial charge in [-0.2, -0.15) is 0 Å². The van der Waals surface area contributed by atoms with Crippen LogP contribution >= 0.6 is 0 Å². The van der Waals surface area contributed by atoms with Crippen LogP contribution < -0.4 is 0 Å². The van der Waals surface area contributed by atoms with Crippen LogP contribution in [0.3, 0.4) is 0 Å². The monoisotopic (exact) mass is 275 g/mol. The van der Waals surface area contributed by atoms with Crippen molar-refractivity contribution in [3.05, 3.63) is 35.4 Å². The predicted molar refractivity (Wildman–Crippen MR) is 80.8 cm³/mol. The first-order valence-electron chi connectivity index (χ1n) is 7.67. The van der Waals surface area contributed by atoms with Crippen molar-refractivity contribution in [1.29, 1.82) is 0 Å². The minimum absolute atomic E-state index is 0.260. The Kier molecular flexibility index (Phi) is 5.45. The van der Waals surface area contributed by atoms with Crippen molar-refractivity contribution in [2.75, 3.05) is 13.7 Å². The van der Waals surface area contributed by atoms with Crippen LogP contribution in [-0.2, 0) is 11.3 Å². The normalized spacial score (nSPS) is 15.9. The molecule has 1 aromatic carbocycles. The molecule has 0 atom stereocenters. The summed E-state index contributed by atoms with van der Waals surface area (Å²) in [5, 5.41) is 0. The number of ether oxygens (including phenoxy) is 1. The van der Waals surface area contributed by atoms with Gasteiger partial charge in [0, 0.05) is 13.6 Å². The van der Waals surface area contributed by atoms with Crippen LogP contribution in [0.5, 0.6) is 0 Å². The van der Waals surface area contributed by atoms with Crippen molar-refractivity contribution >= 4 is 6.09 Å². The Morgan fingerprint density at radius 3 is 2.45 bits per heavy atom. The second-order valence-corrected chi connectivity index (χ2v) is 5.63. The second-order valence-electron chi connectivity index (χ2n) is 5.63. The summed E-state index contributed by atoms with van der Waals surface area (Å²) in [4.78, 5) is 13.2. The molecular weight excluding hydrogens is 250 g/mol. The summed E-state index contributed by atoms with van der Waals surface area (Å²) in [5.74, 6) is 0.737. The van der Waals surface area contributed by atoms with Crippen LogP contribution in [-0.4, -0.2) is 24.6 Å². The Morgan fingerprint density at radius 2 is 1.85 bits per heavy atom. The molecule has 3 nitrogen and oxygen atoms in total. The average Bonchev–Trinajstić information content (AvgIpc) is 2.49. The van der Waals surface area contributed by atoms with E-state index in [2.05, 4.69) is 24.3 Å². The lowest BCUT2D eigenvalue weighted by Crippen LogP contribution is -2.26. The van der Waals surface area contributed by atoms with E-state index >= 15 is 0 Å². The Hall–Kier alpha value is -1.51. The van der Waals surface area contributed by atoms with Gasteiger partial charge in [0.1, 0.15) is 0 Å². The molecule has 1 aromatic rings. The van der Waals surface area contributed by atoms with E-state index in [0.29, 0.717) is 13.2 Å². The minimum atomic E-state index is -0.260. The Bertz CT molecular complexity index is 421. The summed E-state index contributed by atoms with van der Waals surface area (Å²) in [6, 6.07) is 8.73. The predicted octanol–water partition coefficient (Wildman–Crippen LogP) is 4.32. The molecule has 2 rings (SSSR count). The minimum Gasteiger partial charge on any atom is -0.450 e. The molecule has 0 heterocycles. The van der Waals surface area contributed by atoms with Gasteiger partial charge < -0.3 is 9.64 Å². The van der Waals surface area contributed by atoms with Crippen LogP contribution in [0.15, 0.2) is 24.3 Å². The average molecular weight is 275 g/mol. The molecule has 3 heteroatoms. The molecule has 1 fully saturated rings. The fourth-order valence-corrected chi connectivity index (χ4v) is 2.90. The fraction of sp³-hybridized carbons (Fsp3) is 0.588. The Balaban J connectivity index is 1.92. The van der Waals surface area contributed by atoms with Gasteiger partial charge >= 0.3 is 6.09 Å². The van der Waals surface area contributed by atoms with Crippen molar-refractivity contribution in [2.24, 2.45) is 0 Å². The first-order chi connectivity index (χ1) is 9.70. The molecule has 0 radical (unpaired) electrons. The van der Waals surface area contributed by atoms with Gasteiger partial charge in [-0.05, 0) is 36.8 Å². The molecule has 0 N–H and O–H groups in total. The summed E-state index contributed by atoms with van der Waals surface area (Å²) in [7, 11) is 1.77. The van der Waals surface area contributed by atoms with E-state index in [1.165, 1.54) is 37.7 Å². The summed E-state index contributed by atoms with van der Waals surface area (Å²) in [5.41, 5.74) is 2.60. The third-order valence-electron chi connectivity index (χ3n) is 4.06. The van der Waals surface area contributed by atoms with Gasteiger partial charge in [-0.15, -0.1) is 0 Å². The van der Waals surface area contributed by atoms with Crippen LogP contribution in [0.4, 0.5) is 4.79 Å². The molecular formula is C17H25NO2. The zero-order valence-corrected chi connectivity index (χ0v) is 12.6. The summed E-state index contributed by atoms with van der Waals surface area (Å²) >= 11 is 0. The van der Waals surface area contributed by atoms with Crippen molar-refractivity contribution in [3.63, 3.8) is 0 Å². The first kappa shape index (κ1) is 14.9. The highest BCUT2D eigenvalue weighted by Crippen LogP contribution is 2.32. The Labute approximate surface area is 121 Å². The topological polar surface area (TPSA) is 29.5 Å². The maximum absolute atomic E-state index is 11.6. The third kappa shape index (κ3) is 3.99. The van der Waals surface area contributed by atoms with E-state index in [-0.39, 0.29) is 6.09 Å². The number of nitrogens with zero attached hydrogens (tertiary/aromatic N) is 1. The standard InChI is InChI=1S/C17H25NO2/c1-3-20-17(19)18(2)13-14-9-11-16(12-10-14)15-7-5-4-6-8-15/h9-12,15H,3-8,13H2,1-2H3. The quantitative estimate of drug-likeness (QED) is 0.819. The molecule has 1 amide bonds. The molecule has 1 aliphatic rings. The largest absolute Gasteiger partial charge is 0.450 e. The van der Waals surface area contributed by atoms with E-state index < -0.39 is 0 Å². The van der Waals surface area contributed by atoms with Gasteiger partial charge in [-0.1, -0.05) is 43.5 Å². The number of carbonyl (C=O) groups excluding carboxylic acids is 1. The van der Waals surface area contributed by atoms with Gasteiger partial charge in [0.25, 0.3) is 0 Å². The molecule has 1 saturated carbocycles. The van der Waals surface area contributed by atoms with E-state index in [1.54, 1.807) is 11.9 Å². The fourth-order valence-electron chi connectivity index (χ4n) is 2.90. The second kappa shape index (κ2) is 7.32. The number of rotatable bonds is 4. The zero-order valence-electron chi connectivity index (χ0n) is 12.6. The molecule has 0 aromatic heterocycles. The van der Waals surface area contributed by atoms with Crippen molar-refractivity contribution < 1.29 is 9.53 Å². The maximum atomic E-state index is 11.6. The number of benzene rings is 1. The molecule has 0 unspecified atom stereocenters. The van der Waals surface area contributed by atoms with Gasteiger partial charge in [0.05, 0.1) is 6.61 Å². The zero-order chi connectivity index (χ0) is 14.4. The molecule has 1 aliphatic carbocycles. The highest BCUT2D eigenvalue weighted by Gasteiger charge is 2.15. The van der Waals surface area contributed by atoms with E-state index in [1.807, 2.05) is 6.92 Å². The van der Waals surface area contributed by atoms with Crippen molar-refractivity contribution in [1.82, 2.24) is 4.90 Å². The smallest absolute Gasteiger partial charge is 0.409 e. The van der Waals surface area contributed by atoms with Crippen molar-refractivity contribution in [3.8, 4) is 0 Å². The molecule has 0 spiro atoms. The molecule has 0 bridgehead atoms. The lowest BCUT2D eigenvalue weighted by Gasteiger charge is -2.22. The maximum Gasteiger partial charge on any atom is 0.409 e. The highest BCUT2D eigenvalue weighted by molar-refractivity contribution is 5.67. The van der Waals surface area contributed by atoms with E-state index in [4.69, 9.17) is 4.74 Å². The summed E-state index contributed by atoms with van der Waals surface area (Å²) in [6.07, 6.45) is 6.49. The number of amides is 1. The van der Waals surface area contributed by atoms with Crippen LogP contribution in [0, 0.1) is 0 Å². The molecule has 20 heavy (non-hydrogen) atoms. The highest BCUT2D eigenvalue weighted by atomic mass is 16.5. The lowest BCUT2D eigenvalue weighted by atomic mass is 9.84. The SMILES string of the molecule is CCOC(=O)N(C)Cc1ccc(C2CCCCC2)cc1. The summed E-state index contributed by atoms with van der Waals surface area (Å²) < 4.78 is 4.98. The molecule has 0 aliphatic heterocycles. The third-order valence-corrected chi connectivity index (χ3v) is 4.06. The van der Waals surface area contributed by atoms with Crippen LogP contribution in [0.1, 0.15) is 56.1 Å². The number of hydrogen-bond donors (Lipinski definition) is 0. The first-order valence-corrected chi connectivity index (χ1v) is 7.67. The van der Waals surface area contributed by atoms with Gasteiger partial charge in [0.15, 0.2) is 0 Å². The van der Waals surface area contributed by atoms with Crippen LogP contribution in [0.2, 0.25) is 0 Å². The van der Waals surface area contributed by atoms with Crippen molar-refractivity contribution in [2.45, 2.75) is 51.5 Å². The number of carbonyl (C=O) groups is 1. The number of hydrogen-bond acceptors (Lipinski definition) is 2.